The molecule has 0 saturated carbocycles. The number of hydrogen-bond acceptors (Lipinski definition) is 6. The molecule has 6 heteroatoms. The fourth-order valence-corrected chi connectivity index (χ4v) is 8.78. The normalized spacial score (nSPS) is 13.2. The van der Waals surface area contributed by atoms with Crippen LogP contribution in [0.4, 0.5) is 0 Å². The topological polar surface area (TPSA) is 78.9 Å². The van der Waals surface area contributed by atoms with Crippen molar-refractivity contribution in [2.75, 3.05) is 13.2 Å². The SMILES string of the molecule is CC/C=C\C/C=C\C/C=C\C/C=C\C/C=C\C/C=C\CCCCCCC(=O)OC(COC(=O)CCCCCCC/C=C\C/C=C\C/C=C\CC)COC(=O)CCCCCCCCCCCCC/C=C\C/C=C\C/C=C\C/C=C\C/C=C\CC. The van der Waals surface area contributed by atoms with Crippen LogP contribution in [0.3, 0.4) is 0 Å². The van der Waals surface area contributed by atoms with Crippen molar-refractivity contribution in [3.8, 4) is 0 Å². The molecule has 0 radical (unpaired) electrons. The molecule has 0 aliphatic rings. The van der Waals surface area contributed by atoms with Gasteiger partial charge in [0, 0.05) is 19.3 Å². The first kappa shape index (κ1) is 77.8. The van der Waals surface area contributed by atoms with Gasteiger partial charge in [0.1, 0.15) is 13.2 Å². The molecule has 0 heterocycles. The predicted molar refractivity (Wildman–Crippen MR) is 361 cm³/mol. The minimum Gasteiger partial charge on any atom is -0.462 e. The second kappa shape index (κ2) is 69.3. The summed E-state index contributed by atoms with van der Waals surface area (Å²) in [5.41, 5.74) is 0. The summed E-state index contributed by atoms with van der Waals surface area (Å²) in [5.74, 6) is -0.950. The van der Waals surface area contributed by atoms with Crippen LogP contribution in [0.15, 0.2) is 170 Å². The molecule has 6 nitrogen and oxygen atoms in total. The molecule has 0 aliphatic heterocycles. The van der Waals surface area contributed by atoms with Crippen molar-refractivity contribution in [1.82, 2.24) is 0 Å². The minimum absolute atomic E-state index is 0.103. The summed E-state index contributed by atoms with van der Waals surface area (Å²) < 4.78 is 16.9. The van der Waals surface area contributed by atoms with Crippen LogP contribution in [0.5, 0.6) is 0 Å². The summed E-state index contributed by atoms with van der Waals surface area (Å²) >= 11 is 0. The third-order valence-electron chi connectivity index (χ3n) is 13.7. The lowest BCUT2D eigenvalue weighted by atomic mass is 10.0. The molecule has 0 aromatic heterocycles. The van der Waals surface area contributed by atoms with Crippen LogP contribution >= 0.6 is 0 Å². The Morgan fingerprint density at radius 2 is 0.434 bits per heavy atom. The smallest absolute Gasteiger partial charge is 0.306 e. The van der Waals surface area contributed by atoms with E-state index in [1.807, 2.05) is 0 Å². The third kappa shape index (κ3) is 67.4. The van der Waals surface area contributed by atoms with Gasteiger partial charge < -0.3 is 14.2 Å². The molecule has 0 spiro atoms. The fraction of sp³-hybridized carbons (Fsp3) is 0.597. The van der Waals surface area contributed by atoms with Crippen LogP contribution in [-0.2, 0) is 28.6 Å². The lowest BCUT2D eigenvalue weighted by molar-refractivity contribution is -0.167. The highest BCUT2D eigenvalue weighted by atomic mass is 16.6. The zero-order valence-electron chi connectivity index (χ0n) is 53.4. The van der Waals surface area contributed by atoms with Crippen LogP contribution in [0.2, 0.25) is 0 Å². The van der Waals surface area contributed by atoms with E-state index in [2.05, 4.69) is 191 Å². The van der Waals surface area contributed by atoms with Crippen LogP contribution in [0, 0.1) is 0 Å². The first-order valence-electron chi connectivity index (χ1n) is 33.6. The van der Waals surface area contributed by atoms with E-state index in [1.54, 1.807) is 0 Å². The molecule has 83 heavy (non-hydrogen) atoms. The molecule has 0 saturated heterocycles. The third-order valence-corrected chi connectivity index (χ3v) is 13.7. The van der Waals surface area contributed by atoms with Crippen molar-refractivity contribution in [1.29, 1.82) is 0 Å². The predicted octanol–water partition coefficient (Wildman–Crippen LogP) is 23.4. The van der Waals surface area contributed by atoms with Gasteiger partial charge >= 0.3 is 17.9 Å². The fourth-order valence-electron chi connectivity index (χ4n) is 8.78. The van der Waals surface area contributed by atoms with Crippen molar-refractivity contribution in [2.24, 2.45) is 0 Å². The number of ether oxygens (including phenoxy) is 3. The standard InChI is InChI=1S/C77H122O6/c1-4-7-10-13-16-19-22-25-28-30-32-34-36-37-38-39-41-42-44-46-49-52-55-58-61-64-67-70-76(79)82-73-74(72-81-75(78)69-66-63-60-57-54-51-48-27-24-21-18-15-12-9-6-3)83-77(80)71-68-65-62-59-56-53-50-47-45-43-40-35-33-31-29-26-23-20-17-14-11-8-5-2/h7-12,16-21,25-29,32-35,37-38,43,45,48,50,53,74H,4-6,13-15,22-24,30-31,36,39-42,44,46-47,49,51-52,54-73H2,1-3H3/b10-7-,11-8-,12-9-,19-16-,20-17-,21-18-,28-25-,29-26-,34-32-,35-33-,38-37-,45-43-,48-27-,53-50-. The van der Waals surface area contributed by atoms with Crippen molar-refractivity contribution in [3.05, 3.63) is 170 Å². The number of hydrogen-bond donors (Lipinski definition) is 0. The van der Waals surface area contributed by atoms with Gasteiger partial charge in [-0.2, -0.15) is 0 Å². The largest absolute Gasteiger partial charge is 0.462 e. The molecule has 466 valence electrons. The van der Waals surface area contributed by atoms with E-state index < -0.39 is 6.10 Å². The van der Waals surface area contributed by atoms with E-state index in [0.717, 1.165) is 180 Å². The van der Waals surface area contributed by atoms with Crippen molar-refractivity contribution < 1.29 is 28.6 Å². The highest BCUT2D eigenvalue weighted by Crippen LogP contribution is 2.15. The Hall–Kier alpha value is -5.23. The highest BCUT2D eigenvalue weighted by molar-refractivity contribution is 5.71. The molecular weight excluding hydrogens is 1020 g/mol. The zero-order chi connectivity index (χ0) is 59.9. The van der Waals surface area contributed by atoms with Gasteiger partial charge in [-0.05, 0) is 148 Å². The van der Waals surface area contributed by atoms with Crippen LogP contribution in [0.1, 0.15) is 278 Å². The molecule has 0 rings (SSSR count). The molecule has 0 aromatic carbocycles. The van der Waals surface area contributed by atoms with Gasteiger partial charge in [-0.15, -0.1) is 0 Å². The molecule has 0 fully saturated rings. The number of carbonyl (C=O) groups is 3. The van der Waals surface area contributed by atoms with E-state index in [4.69, 9.17) is 14.2 Å². The first-order valence-corrected chi connectivity index (χ1v) is 33.6. The number of allylic oxidation sites excluding steroid dienone is 28. The second-order valence-corrected chi connectivity index (χ2v) is 21.6. The molecule has 0 N–H and O–H groups in total. The number of carbonyl (C=O) groups excluding carboxylic acids is 3. The summed E-state index contributed by atoms with van der Waals surface area (Å²) in [6, 6.07) is 0. The summed E-state index contributed by atoms with van der Waals surface area (Å²) in [7, 11) is 0. The van der Waals surface area contributed by atoms with Crippen molar-refractivity contribution >= 4 is 17.9 Å². The average Bonchev–Trinajstić information content (AvgIpc) is 3.49. The maximum atomic E-state index is 12.9. The number of unbranched alkanes of at least 4 members (excludes halogenated alkanes) is 20. The molecule has 0 bridgehead atoms. The van der Waals surface area contributed by atoms with Gasteiger partial charge in [0.05, 0.1) is 0 Å². The van der Waals surface area contributed by atoms with E-state index in [0.29, 0.717) is 12.8 Å². The van der Waals surface area contributed by atoms with Gasteiger partial charge in [-0.1, -0.05) is 281 Å². The lowest BCUT2D eigenvalue weighted by Gasteiger charge is -2.18. The van der Waals surface area contributed by atoms with Gasteiger partial charge in [0.15, 0.2) is 6.10 Å². The Morgan fingerprint density at radius 1 is 0.241 bits per heavy atom. The number of rotatable bonds is 59. The van der Waals surface area contributed by atoms with E-state index in [1.165, 1.54) is 57.8 Å². The Kier molecular flexibility index (Phi) is 64.9. The van der Waals surface area contributed by atoms with Crippen molar-refractivity contribution in [3.63, 3.8) is 0 Å². The van der Waals surface area contributed by atoms with Crippen molar-refractivity contribution in [2.45, 2.75) is 284 Å². The average molecular weight is 1140 g/mol. The molecule has 0 aromatic rings. The van der Waals surface area contributed by atoms with E-state index in [9.17, 15) is 14.4 Å². The Labute approximate surface area is 511 Å². The van der Waals surface area contributed by atoms with Gasteiger partial charge in [-0.25, -0.2) is 0 Å². The molecular formula is C77H122O6. The van der Waals surface area contributed by atoms with E-state index >= 15 is 0 Å². The van der Waals surface area contributed by atoms with Gasteiger partial charge in [-0.3, -0.25) is 14.4 Å². The van der Waals surface area contributed by atoms with Crippen LogP contribution < -0.4 is 0 Å². The molecule has 0 aliphatic carbocycles. The molecule has 1 unspecified atom stereocenters. The first-order chi connectivity index (χ1) is 41.0. The maximum Gasteiger partial charge on any atom is 0.306 e. The zero-order valence-corrected chi connectivity index (χ0v) is 53.4. The summed E-state index contributed by atoms with van der Waals surface area (Å²) in [5, 5.41) is 0. The Balaban J connectivity index is 4.44. The van der Waals surface area contributed by atoms with Gasteiger partial charge in [0.25, 0.3) is 0 Å². The van der Waals surface area contributed by atoms with Gasteiger partial charge in [0.2, 0.25) is 0 Å². The maximum absolute atomic E-state index is 12.9. The Bertz CT molecular complexity index is 1890. The lowest BCUT2D eigenvalue weighted by Crippen LogP contribution is -2.30. The minimum atomic E-state index is -0.811. The monoisotopic (exact) mass is 1140 g/mol. The summed E-state index contributed by atoms with van der Waals surface area (Å²) in [4.78, 5) is 38.4. The highest BCUT2D eigenvalue weighted by Gasteiger charge is 2.19. The molecule has 0 amide bonds. The van der Waals surface area contributed by atoms with Crippen LogP contribution in [0.25, 0.3) is 0 Å². The second-order valence-electron chi connectivity index (χ2n) is 21.6. The quantitative estimate of drug-likeness (QED) is 0.0261. The van der Waals surface area contributed by atoms with Crippen LogP contribution in [-0.4, -0.2) is 37.2 Å². The number of esters is 3. The summed E-state index contributed by atoms with van der Waals surface area (Å²) in [6.07, 6.45) is 102. The van der Waals surface area contributed by atoms with E-state index in [-0.39, 0.29) is 37.5 Å². The Morgan fingerprint density at radius 3 is 0.675 bits per heavy atom. The summed E-state index contributed by atoms with van der Waals surface area (Å²) in [6.45, 7) is 6.27. The molecule has 1 atom stereocenters.